The molecule has 8 heteroatoms. The summed E-state index contributed by atoms with van der Waals surface area (Å²) in [5, 5.41) is 16.2. The fraction of sp³-hybridized carbons (Fsp3) is 0. The zero-order chi connectivity index (χ0) is 32.8. The van der Waals surface area contributed by atoms with Crippen LogP contribution in [0.3, 0.4) is 0 Å². The largest absolute Gasteiger partial charge is 0.354 e. The topological polar surface area (TPSA) is 68.8 Å². The molecule has 9 rings (SSSR count). The first-order chi connectivity index (χ1) is 23.4. The summed E-state index contributed by atoms with van der Waals surface area (Å²) < 4.78 is 6.26. The van der Waals surface area contributed by atoms with Crippen LogP contribution in [0.25, 0.3) is 66.1 Å². The van der Waals surface area contributed by atoms with E-state index >= 15 is 0 Å². The number of nitro benzene ring substituents is 1. The fourth-order valence-electron chi connectivity index (χ4n) is 6.34. The van der Waals surface area contributed by atoms with Crippen molar-refractivity contribution < 1.29 is 4.92 Å². The summed E-state index contributed by atoms with van der Waals surface area (Å²) in [5.74, 6) is 0. The SMILES string of the molecule is Brc1ccc2[nH]c3cc4c(ccn4-c4ccccc4)cc3c2c1.O=[N+]([O-])c1ccc(Br)cc1-c1ccc2c(ccn2-c2ccccc2)c1. The van der Waals surface area contributed by atoms with Gasteiger partial charge in [-0.3, -0.25) is 10.1 Å². The van der Waals surface area contributed by atoms with Gasteiger partial charge in [-0.05, 0) is 96.6 Å². The molecule has 9 aromatic rings. The fourth-order valence-corrected chi connectivity index (χ4v) is 7.06. The highest BCUT2D eigenvalue weighted by Crippen LogP contribution is 2.35. The van der Waals surface area contributed by atoms with E-state index in [4.69, 9.17) is 0 Å². The van der Waals surface area contributed by atoms with E-state index in [0.29, 0.717) is 5.56 Å². The number of nitrogens with one attached hydrogen (secondary N) is 1. The van der Waals surface area contributed by atoms with Crippen molar-refractivity contribution in [2.45, 2.75) is 0 Å². The molecule has 1 N–H and O–H groups in total. The third-order valence-electron chi connectivity index (χ3n) is 8.60. The Morgan fingerprint density at radius 2 is 1.17 bits per heavy atom. The van der Waals surface area contributed by atoms with E-state index < -0.39 is 0 Å². The molecule has 0 saturated carbocycles. The summed E-state index contributed by atoms with van der Waals surface area (Å²) in [5.41, 5.74) is 8.41. The first-order valence-electron chi connectivity index (χ1n) is 15.3. The van der Waals surface area contributed by atoms with Crippen molar-refractivity contribution in [3.05, 3.63) is 171 Å². The van der Waals surface area contributed by atoms with Gasteiger partial charge >= 0.3 is 0 Å². The Bertz CT molecular complexity index is 2620. The number of benzene rings is 6. The number of hydrogen-bond donors (Lipinski definition) is 1. The van der Waals surface area contributed by atoms with Gasteiger partial charge in [0, 0.05) is 71.4 Å². The molecule has 232 valence electrons. The van der Waals surface area contributed by atoms with Gasteiger partial charge < -0.3 is 14.1 Å². The number of fused-ring (bicyclic) bond motifs is 5. The minimum Gasteiger partial charge on any atom is -0.354 e. The molecule has 3 aromatic heterocycles. The van der Waals surface area contributed by atoms with Crippen LogP contribution in [0.15, 0.2) is 161 Å². The van der Waals surface area contributed by atoms with Gasteiger partial charge in [-0.2, -0.15) is 0 Å². The number of rotatable bonds is 4. The zero-order valence-electron chi connectivity index (χ0n) is 25.3. The van der Waals surface area contributed by atoms with Crippen LogP contribution in [0.1, 0.15) is 0 Å². The van der Waals surface area contributed by atoms with Crippen molar-refractivity contribution >= 4 is 81.2 Å². The molecule has 0 aliphatic rings. The van der Waals surface area contributed by atoms with Gasteiger partial charge in [0.15, 0.2) is 0 Å². The van der Waals surface area contributed by atoms with Crippen LogP contribution in [0.4, 0.5) is 5.69 Å². The number of hydrogen-bond acceptors (Lipinski definition) is 2. The molecule has 0 aliphatic carbocycles. The molecule has 0 atom stereocenters. The molecule has 0 fully saturated rings. The lowest BCUT2D eigenvalue weighted by Gasteiger charge is -2.07. The van der Waals surface area contributed by atoms with Crippen LogP contribution in [0, 0.1) is 10.1 Å². The normalized spacial score (nSPS) is 11.3. The molecule has 0 aliphatic heterocycles. The Morgan fingerprint density at radius 1 is 0.562 bits per heavy atom. The first kappa shape index (κ1) is 29.9. The minimum atomic E-state index is -0.346. The summed E-state index contributed by atoms with van der Waals surface area (Å²) in [6, 6.07) is 46.5. The number of aromatic amines is 1. The molecule has 3 heterocycles. The summed E-state index contributed by atoms with van der Waals surface area (Å²) >= 11 is 6.97. The van der Waals surface area contributed by atoms with Gasteiger partial charge in [-0.25, -0.2) is 0 Å². The number of para-hydroxylation sites is 2. The highest BCUT2D eigenvalue weighted by Gasteiger charge is 2.16. The van der Waals surface area contributed by atoms with Gasteiger partial charge in [0.2, 0.25) is 0 Å². The van der Waals surface area contributed by atoms with Crippen LogP contribution in [0.5, 0.6) is 0 Å². The van der Waals surface area contributed by atoms with Gasteiger partial charge in [0.25, 0.3) is 5.69 Å². The predicted octanol–water partition coefficient (Wildman–Crippen LogP) is 12.0. The van der Waals surface area contributed by atoms with E-state index in [2.05, 4.69) is 113 Å². The van der Waals surface area contributed by atoms with E-state index in [1.165, 1.54) is 44.5 Å². The third-order valence-corrected chi connectivity index (χ3v) is 9.58. The monoisotopic (exact) mass is 752 g/mol. The highest BCUT2D eigenvalue weighted by molar-refractivity contribution is 9.10. The van der Waals surface area contributed by atoms with Gasteiger partial charge in [-0.1, -0.05) is 74.3 Å². The van der Waals surface area contributed by atoms with E-state index in [1.54, 1.807) is 12.1 Å². The van der Waals surface area contributed by atoms with Crippen LogP contribution in [-0.4, -0.2) is 19.0 Å². The molecule has 0 amide bonds. The highest BCUT2D eigenvalue weighted by atomic mass is 79.9. The van der Waals surface area contributed by atoms with Gasteiger partial charge in [0.1, 0.15) is 0 Å². The van der Waals surface area contributed by atoms with Crippen LogP contribution in [-0.2, 0) is 0 Å². The van der Waals surface area contributed by atoms with Crippen molar-refractivity contribution in [2.24, 2.45) is 0 Å². The summed E-state index contributed by atoms with van der Waals surface area (Å²) in [7, 11) is 0. The molecule has 0 unspecified atom stereocenters. The van der Waals surface area contributed by atoms with E-state index in [9.17, 15) is 10.1 Å². The molecule has 48 heavy (non-hydrogen) atoms. The maximum absolute atomic E-state index is 11.3. The molecule has 0 radical (unpaired) electrons. The Hall–Kier alpha value is -5.44. The smallest absolute Gasteiger partial charge is 0.277 e. The maximum Gasteiger partial charge on any atom is 0.277 e. The number of aromatic nitrogens is 3. The molecule has 6 aromatic carbocycles. The first-order valence-corrected chi connectivity index (χ1v) is 16.9. The number of nitro groups is 1. The lowest BCUT2D eigenvalue weighted by molar-refractivity contribution is -0.384. The van der Waals surface area contributed by atoms with Crippen LogP contribution in [0.2, 0.25) is 0 Å². The molecule has 6 nitrogen and oxygen atoms in total. The second-order valence-corrected chi connectivity index (χ2v) is 13.3. The average molecular weight is 754 g/mol. The second-order valence-electron chi connectivity index (χ2n) is 11.5. The van der Waals surface area contributed by atoms with Crippen LogP contribution >= 0.6 is 31.9 Å². The van der Waals surface area contributed by atoms with E-state index in [0.717, 1.165) is 31.1 Å². The molecular formula is C40H26Br2N4O2. The van der Waals surface area contributed by atoms with Crippen LogP contribution < -0.4 is 0 Å². The standard InChI is InChI=1S/C20H13BrN2O2.C20H13BrN2/c21-16-7-9-20(23(24)25)18(13-16)14-6-8-19-15(12-14)10-11-22(19)17-4-2-1-3-5-17;21-14-6-7-18-17(11-14)16-10-13-8-9-23(15-4-2-1-3-5-15)20(13)12-19(16)22-18/h1-13H;1-12,22H. The maximum atomic E-state index is 11.3. The van der Waals surface area contributed by atoms with E-state index in [-0.39, 0.29) is 10.6 Å². The molecule has 0 saturated heterocycles. The Balaban J connectivity index is 0.000000140. The molecule has 0 spiro atoms. The van der Waals surface area contributed by atoms with Crippen molar-refractivity contribution in [2.75, 3.05) is 0 Å². The quantitative estimate of drug-likeness (QED) is 0.144. The predicted molar refractivity (Wildman–Crippen MR) is 203 cm³/mol. The number of H-pyrrole nitrogens is 1. The summed E-state index contributed by atoms with van der Waals surface area (Å²) in [4.78, 5) is 14.5. The average Bonchev–Trinajstić information content (AvgIpc) is 3.82. The zero-order valence-corrected chi connectivity index (χ0v) is 28.5. The minimum absolute atomic E-state index is 0.102. The summed E-state index contributed by atoms with van der Waals surface area (Å²) in [6.45, 7) is 0. The lowest BCUT2D eigenvalue weighted by atomic mass is 10.0. The van der Waals surface area contributed by atoms with Crippen molar-refractivity contribution in [1.82, 2.24) is 14.1 Å². The Kier molecular flexibility index (Phi) is 7.67. The van der Waals surface area contributed by atoms with Gasteiger partial charge in [0.05, 0.1) is 21.5 Å². The number of nitrogens with zero attached hydrogens (tertiary/aromatic N) is 3. The Labute approximate surface area is 292 Å². The van der Waals surface area contributed by atoms with Crippen molar-refractivity contribution in [3.63, 3.8) is 0 Å². The molecule has 0 bridgehead atoms. The Morgan fingerprint density at radius 3 is 1.85 bits per heavy atom. The molecular weight excluding hydrogens is 728 g/mol. The van der Waals surface area contributed by atoms with E-state index in [1.807, 2.05) is 66.9 Å². The number of halogens is 2. The van der Waals surface area contributed by atoms with Gasteiger partial charge in [-0.15, -0.1) is 0 Å². The third kappa shape index (κ3) is 5.49. The van der Waals surface area contributed by atoms with Crippen molar-refractivity contribution in [3.8, 4) is 22.5 Å². The van der Waals surface area contributed by atoms with Crippen molar-refractivity contribution in [1.29, 1.82) is 0 Å². The summed E-state index contributed by atoms with van der Waals surface area (Å²) in [6.07, 6.45) is 4.15. The second kappa shape index (κ2) is 12.3. The lowest BCUT2D eigenvalue weighted by Crippen LogP contribution is -1.93.